The molecule has 1 N–H and O–H groups in total. The van der Waals surface area contributed by atoms with Crippen molar-refractivity contribution in [2.75, 3.05) is 12.4 Å². The minimum absolute atomic E-state index is 0.243. The third-order valence-electron chi connectivity index (χ3n) is 4.85. The van der Waals surface area contributed by atoms with Crippen LogP contribution in [0.3, 0.4) is 0 Å². The van der Waals surface area contributed by atoms with Crippen molar-refractivity contribution in [3.8, 4) is 5.75 Å². The first-order chi connectivity index (χ1) is 13.3. The van der Waals surface area contributed by atoms with Crippen molar-refractivity contribution in [2.45, 2.75) is 39.7 Å². The van der Waals surface area contributed by atoms with Crippen LogP contribution in [0.5, 0.6) is 5.75 Å². The van der Waals surface area contributed by atoms with Crippen LogP contribution in [0, 0.1) is 0 Å². The first-order valence-corrected chi connectivity index (χ1v) is 9.47. The van der Waals surface area contributed by atoms with E-state index >= 15 is 0 Å². The summed E-state index contributed by atoms with van der Waals surface area (Å²) in [5, 5.41) is 3.18. The highest BCUT2D eigenvalue weighted by atomic mass is 16.5. The van der Waals surface area contributed by atoms with Crippen molar-refractivity contribution in [1.29, 1.82) is 0 Å². The van der Waals surface area contributed by atoms with Crippen LogP contribution in [-0.4, -0.2) is 29.9 Å². The maximum atomic E-state index is 13.1. The molecule has 146 valence electrons. The molecule has 0 bridgehead atoms. The second-order valence-electron chi connectivity index (χ2n) is 7.43. The first-order valence-electron chi connectivity index (χ1n) is 9.47. The molecule has 1 heterocycles. The summed E-state index contributed by atoms with van der Waals surface area (Å²) < 4.78 is 5.43. The van der Waals surface area contributed by atoms with Crippen LogP contribution in [0.1, 0.15) is 44.7 Å². The average Bonchev–Trinajstić information content (AvgIpc) is 2.92. The summed E-state index contributed by atoms with van der Waals surface area (Å²) in [5.74, 6) is 0.335. The van der Waals surface area contributed by atoms with E-state index in [0.717, 1.165) is 5.69 Å². The summed E-state index contributed by atoms with van der Waals surface area (Å²) >= 11 is 0. The Labute approximate surface area is 166 Å². The smallest absolute Gasteiger partial charge is 0.278 e. The molecule has 2 amide bonds. The Morgan fingerprint density at radius 1 is 0.893 bits per heavy atom. The van der Waals surface area contributed by atoms with Gasteiger partial charge in [0.25, 0.3) is 11.8 Å². The quantitative estimate of drug-likeness (QED) is 0.756. The van der Waals surface area contributed by atoms with Gasteiger partial charge in [0.2, 0.25) is 0 Å². The predicted molar refractivity (Wildman–Crippen MR) is 111 cm³/mol. The zero-order valence-electron chi connectivity index (χ0n) is 16.9. The van der Waals surface area contributed by atoms with E-state index in [-0.39, 0.29) is 23.6 Å². The van der Waals surface area contributed by atoms with Crippen LogP contribution in [0.4, 0.5) is 5.69 Å². The van der Waals surface area contributed by atoms with E-state index in [4.69, 9.17) is 4.74 Å². The molecule has 0 radical (unpaired) electrons. The number of carbonyl (C=O) groups is 2. The number of imide groups is 1. The van der Waals surface area contributed by atoms with Gasteiger partial charge in [-0.3, -0.25) is 14.5 Å². The fourth-order valence-corrected chi connectivity index (χ4v) is 3.33. The van der Waals surface area contributed by atoms with Gasteiger partial charge in [0.05, 0.1) is 12.7 Å². The molecule has 1 aliphatic rings. The number of nitrogens with one attached hydrogen (secondary N) is 1. The van der Waals surface area contributed by atoms with Crippen LogP contribution >= 0.6 is 0 Å². The fraction of sp³-hybridized carbons (Fsp3) is 0.304. The van der Waals surface area contributed by atoms with Gasteiger partial charge in [-0.05, 0) is 43.5 Å². The van der Waals surface area contributed by atoms with Crippen LogP contribution in [0.15, 0.2) is 54.2 Å². The number of ether oxygens (including phenoxy) is 1. The number of carbonyl (C=O) groups excluding carboxylic acids is 2. The third kappa shape index (κ3) is 3.52. The van der Waals surface area contributed by atoms with Gasteiger partial charge in [-0.15, -0.1) is 0 Å². The molecule has 3 rings (SSSR count). The summed E-state index contributed by atoms with van der Waals surface area (Å²) in [5.41, 5.74) is 3.19. The van der Waals surface area contributed by atoms with Crippen molar-refractivity contribution in [2.24, 2.45) is 0 Å². The number of rotatable bonds is 6. The number of amides is 2. The number of nitrogens with zero attached hydrogens (tertiary/aromatic N) is 1. The SMILES string of the molecule is COc1ccccc1C1=C(Nc2ccc(C(C)C)cc2)C(=O)N(C(C)C)C1=O. The largest absolute Gasteiger partial charge is 0.496 e. The summed E-state index contributed by atoms with van der Waals surface area (Å²) in [6, 6.07) is 14.9. The highest BCUT2D eigenvalue weighted by Gasteiger charge is 2.41. The maximum absolute atomic E-state index is 13.1. The lowest BCUT2D eigenvalue weighted by molar-refractivity contribution is -0.138. The molecule has 5 nitrogen and oxygen atoms in total. The number of anilines is 1. The predicted octanol–water partition coefficient (Wildman–Crippen LogP) is 4.42. The van der Waals surface area contributed by atoms with E-state index in [2.05, 4.69) is 19.2 Å². The van der Waals surface area contributed by atoms with Gasteiger partial charge in [-0.1, -0.05) is 44.2 Å². The van der Waals surface area contributed by atoms with Crippen molar-refractivity contribution in [3.05, 3.63) is 65.4 Å². The number of hydrogen-bond acceptors (Lipinski definition) is 4. The van der Waals surface area contributed by atoms with E-state index < -0.39 is 0 Å². The summed E-state index contributed by atoms with van der Waals surface area (Å²) in [4.78, 5) is 27.5. The molecule has 0 saturated carbocycles. The molecule has 2 aromatic carbocycles. The van der Waals surface area contributed by atoms with Gasteiger partial charge in [0.1, 0.15) is 11.4 Å². The lowest BCUT2D eigenvalue weighted by Crippen LogP contribution is -2.38. The molecular weight excluding hydrogens is 352 g/mol. The van der Waals surface area contributed by atoms with Crippen LogP contribution in [-0.2, 0) is 9.59 Å². The molecule has 0 spiro atoms. The normalized spacial score (nSPS) is 14.5. The van der Waals surface area contributed by atoms with E-state index in [1.54, 1.807) is 19.2 Å². The van der Waals surface area contributed by atoms with Crippen molar-refractivity contribution >= 4 is 23.1 Å². The molecular formula is C23H26N2O3. The number of methoxy groups -OCH3 is 1. The van der Waals surface area contributed by atoms with Gasteiger partial charge >= 0.3 is 0 Å². The molecule has 2 aromatic rings. The van der Waals surface area contributed by atoms with Crippen LogP contribution in [0.25, 0.3) is 5.57 Å². The van der Waals surface area contributed by atoms with Crippen molar-refractivity contribution in [1.82, 2.24) is 4.90 Å². The number of benzene rings is 2. The molecule has 0 fully saturated rings. The zero-order chi connectivity index (χ0) is 20.4. The highest BCUT2D eigenvalue weighted by molar-refractivity contribution is 6.37. The van der Waals surface area contributed by atoms with E-state index in [1.165, 1.54) is 10.5 Å². The molecule has 28 heavy (non-hydrogen) atoms. The molecule has 0 saturated heterocycles. The molecule has 5 heteroatoms. The summed E-state index contributed by atoms with van der Waals surface area (Å²) in [7, 11) is 1.55. The topological polar surface area (TPSA) is 58.6 Å². The number of para-hydroxylation sites is 1. The van der Waals surface area contributed by atoms with Gasteiger partial charge in [0.15, 0.2) is 0 Å². The Kier molecular flexibility index (Phi) is 5.54. The molecule has 1 aliphatic heterocycles. The lowest BCUT2D eigenvalue weighted by Gasteiger charge is -2.19. The standard InChI is InChI=1S/C23H26N2O3/c1-14(2)16-10-12-17(13-11-16)24-21-20(18-8-6-7-9-19(18)28-5)22(26)25(15(3)4)23(21)27/h6-15,24H,1-5H3. The van der Waals surface area contributed by atoms with Gasteiger partial charge in [-0.2, -0.15) is 0 Å². The Bertz CT molecular complexity index is 927. The summed E-state index contributed by atoms with van der Waals surface area (Å²) in [6.07, 6.45) is 0. The Morgan fingerprint density at radius 3 is 2.11 bits per heavy atom. The Balaban J connectivity index is 2.09. The average molecular weight is 378 g/mol. The zero-order valence-corrected chi connectivity index (χ0v) is 16.9. The highest BCUT2D eigenvalue weighted by Crippen LogP contribution is 2.36. The molecule has 0 atom stereocenters. The molecule has 0 unspecified atom stereocenters. The Morgan fingerprint density at radius 2 is 1.54 bits per heavy atom. The molecule has 0 aliphatic carbocycles. The van der Waals surface area contributed by atoms with Crippen molar-refractivity contribution in [3.63, 3.8) is 0 Å². The molecule has 0 aromatic heterocycles. The van der Waals surface area contributed by atoms with E-state index in [1.807, 2.05) is 50.2 Å². The fourth-order valence-electron chi connectivity index (χ4n) is 3.33. The van der Waals surface area contributed by atoms with Gasteiger partial charge in [-0.25, -0.2) is 0 Å². The lowest BCUT2D eigenvalue weighted by atomic mass is 10.0. The number of hydrogen-bond donors (Lipinski definition) is 1. The first kappa shape index (κ1) is 19.7. The monoisotopic (exact) mass is 378 g/mol. The van der Waals surface area contributed by atoms with E-state index in [0.29, 0.717) is 22.8 Å². The minimum atomic E-state index is -0.325. The minimum Gasteiger partial charge on any atom is -0.496 e. The second-order valence-corrected chi connectivity index (χ2v) is 7.43. The maximum Gasteiger partial charge on any atom is 0.278 e. The Hall–Kier alpha value is -3.08. The van der Waals surface area contributed by atoms with Crippen LogP contribution in [0.2, 0.25) is 0 Å². The van der Waals surface area contributed by atoms with Crippen molar-refractivity contribution < 1.29 is 14.3 Å². The summed E-state index contributed by atoms with van der Waals surface area (Å²) in [6.45, 7) is 7.92. The van der Waals surface area contributed by atoms with Gasteiger partial charge < -0.3 is 10.1 Å². The van der Waals surface area contributed by atoms with Crippen LogP contribution < -0.4 is 10.1 Å². The third-order valence-corrected chi connectivity index (χ3v) is 4.85. The van der Waals surface area contributed by atoms with Gasteiger partial charge in [0, 0.05) is 17.3 Å². The second kappa shape index (κ2) is 7.89. The van der Waals surface area contributed by atoms with E-state index in [9.17, 15) is 9.59 Å².